The molecule has 4 rings (SSSR count). The number of piperidine rings is 1. The smallest absolute Gasteiger partial charge is 0.433 e. The van der Waals surface area contributed by atoms with E-state index in [4.69, 9.17) is 4.74 Å². The number of hydrogen-bond donors (Lipinski definition) is 1. The number of nitrogens with zero attached hydrogens (tertiary/aromatic N) is 3. The van der Waals surface area contributed by atoms with Gasteiger partial charge in [0.15, 0.2) is 0 Å². The quantitative estimate of drug-likeness (QED) is 0.844. The number of halogens is 3. The Morgan fingerprint density at radius 3 is 2.64 bits per heavy atom. The van der Waals surface area contributed by atoms with Crippen molar-refractivity contribution in [3.05, 3.63) is 41.3 Å². The molecule has 3 heterocycles. The fourth-order valence-electron chi connectivity index (χ4n) is 3.81. The largest absolute Gasteiger partial charge is 0.477 e. The van der Waals surface area contributed by atoms with E-state index in [9.17, 15) is 18.0 Å². The Bertz CT molecular complexity index is 868. The number of carbonyl (C=O) groups excluding carboxylic acids is 1. The Kier molecular flexibility index (Phi) is 4.55. The number of hydrogen-bond acceptors (Lipinski definition) is 4. The number of fused-ring (bicyclic) bond motifs is 1. The molecule has 2 aromatic heterocycles. The molecule has 0 bridgehead atoms. The minimum Gasteiger partial charge on any atom is -0.477 e. The molecular weight excluding hydrogens is 373 g/mol. The molecule has 2 aliphatic rings. The van der Waals surface area contributed by atoms with Gasteiger partial charge in [-0.2, -0.15) is 18.3 Å². The van der Waals surface area contributed by atoms with E-state index in [1.165, 1.54) is 12.1 Å². The second kappa shape index (κ2) is 6.79. The zero-order chi connectivity index (χ0) is 20.1. The number of nitrogens with one attached hydrogen (secondary N) is 1. The molecule has 1 amide bonds. The molecule has 0 spiro atoms. The van der Waals surface area contributed by atoms with Crippen LogP contribution in [0.1, 0.15) is 41.6 Å². The summed E-state index contributed by atoms with van der Waals surface area (Å²) in [6.45, 7) is 5.60. The van der Waals surface area contributed by atoms with Crippen molar-refractivity contribution in [3.63, 3.8) is 0 Å². The number of H-pyrrole nitrogens is 1. The highest BCUT2D eigenvalue weighted by atomic mass is 19.4. The lowest BCUT2D eigenvalue weighted by Gasteiger charge is -2.19. The first-order chi connectivity index (χ1) is 13.2. The number of likely N-dealkylation sites (tertiary alicyclic amines) is 1. The van der Waals surface area contributed by atoms with Gasteiger partial charge in [0.05, 0.1) is 12.3 Å². The summed E-state index contributed by atoms with van der Waals surface area (Å²) in [5, 5.41) is 6.96. The second-order valence-electron chi connectivity index (χ2n) is 7.73. The molecular formula is C19H21F3N4O2. The van der Waals surface area contributed by atoms with Crippen molar-refractivity contribution < 1.29 is 22.7 Å². The first kappa shape index (κ1) is 18.8. The molecule has 1 saturated heterocycles. The number of pyridine rings is 1. The summed E-state index contributed by atoms with van der Waals surface area (Å²) in [5.74, 6) is 1.05. The molecule has 1 aliphatic heterocycles. The van der Waals surface area contributed by atoms with Gasteiger partial charge in [-0.25, -0.2) is 4.98 Å². The summed E-state index contributed by atoms with van der Waals surface area (Å²) in [6, 6.07) is 5.42. The third-order valence-corrected chi connectivity index (χ3v) is 5.52. The predicted molar refractivity (Wildman–Crippen MR) is 93.8 cm³/mol. The monoisotopic (exact) mass is 394 g/mol. The normalized spacial score (nSPS) is 23.8. The van der Waals surface area contributed by atoms with Crippen LogP contribution in [-0.4, -0.2) is 45.7 Å². The molecule has 2 aromatic rings. The van der Waals surface area contributed by atoms with Crippen LogP contribution < -0.4 is 4.74 Å². The second-order valence-corrected chi connectivity index (χ2v) is 7.73. The standard InChI is InChI=1S/C19H21F3N4O2/c1-10(2)14-6-15(25-24-14)18(27)26-7-11-12(8-26)13(11)9-28-17-5-3-4-16(23-17)19(20,21)22/h3-6,10-13H,7-9H2,1-2H3,(H,24,25)/t11-,12+,13+. The number of amides is 1. The van der Waals surface area contributed by atoms with Crippen LogP contribution in [0, 0.1) is 17.8 Å². The molecule has 1 saturated carbocycles. The summed E-state index contributed by atoms with van der Waals surface area (Å²) >= 11 is 0. The molecule has 1 aliphatic carbocycles. The van der Waals surface area contributed by atoms with Gasteiger partial charge in [-0.05, 0) is 29.9 Å². The van der Waals surface area contributed by atoms with Crippen molar-refractivity contribution >= 4 is 5.91 Å². The molecule has 3 atom stereocenters. The van der Waals surface area contributed by atoms with Gasteiger partial charge in [-0.1, -0.05) is 19.9 Å². The topological polar surface area (TPSA) is 71.1 Å². The molecule has 9 heteroatoms. The highest BCUT2D eigenvalue weighted by Crippen LogP contribution is 2.52. The van der Waals surface area contributed by atoms with Gasteiger partial charge >= 0.3 is 6.18 Å². The fourth-order valence-corrected chi connectivity index (χ4v) is 3.81. The molecule has 0 unspecified atom stereocenters. The lowest BCUT2D eigenvalue weighted by molar-refractivity contribution is -0.141. The predicted octanol–water partition coefficient (Wildman–Crippen LogP) is 3.34. The van der Waals surface area contributed by atoms with Gasteiger partial charge < -0.3 is 9.64 Å². The van der Waals surface area contributed by atoms with Crippen LogP contribution in [0.2, 0.25) is 0 Å². The Balaban J connectivity index is 1.29. The van der Waals surface area contributed by atoms with E-state index in [1.807, 2.05) is 13.8 Å². The van der Waals surface area contributed by atoms with Gasteiger partial charge in [0.2, 0.25) is 5.88 Å². The molecule has 0 radical (unpaired) electrons. The molecule has 6 nitrogen and oxygen atoms in total. The van der Waals surface area contributed by atoms with Crippen LogP contribution in [0.3, 0.4) is 0 Å². The van der Waals surface area contributed by atoms with Crippen molar-refractivity contribution in [3.8, 4) is 5.88 Å². The van der Waals surface area contributed by atoms with E-state index >= 15 is 0 Å². The van der Waals surface area contributed by atoms with Gasteiger partial charge in [0.1, 0.15) is 11.4 Å². The van der Waals surface area contributed by atoms with Crippen molar-refractivity contribution in [1.82, 2.24) is 20.1 Å². The number of rotatable bonds is 5. The molecule has 1 N–H and O–H groups in total. The molecule has 2 fully saturated rings. The van der Waals surface area contributed by atoms with Crippen LogP contribution in [0.15, 0.2) is 24.3 Å². The average molecular weight is 394 g/mol. The first-order valence-corrected chi connectivity index (χ1v) is 9.25. The van der Waals surface area contributed by atoms with Gasteiger partial charge in [0.25, 0.3) is 5.91 Å². The SMILES string of the molecule is CC(C)c1cc(C(=O)N2C[C@@H]3[C@@H](COc4cccc(C(F)(F)F)n4)[C@@H]3C2)[nH]n1. The van der Waals surface area contributed by atoms with Crippen LogP contribution in [0.4, 0.5) is 13.2 Å². The Hall–Kier alpha value is -2.58. The van der Waals surface area contributed by atoms with E-state index < -0.39 is 11.9 Å². The fraction of sp³-hybridized carbons (Fsp3) is 0.526. The van der Waals surface area contributed by atoms with Crippen molar-refractivity contribution in [2.24, 2.45) is 17.8 Å². The van der Waals surface area contributed by atoms with E-state index in [1.54, 1.807) is 11.0 Å². The van der Waals surface area contributed by atoms with E-state index in [-0.39, 0.29) is 23.6 Å². The zero-order valence-corrected chi connectivity index (χ0v) is 15.5. The van der Waals surface area contributed by atoms with E-state index in [0.717, 1.165) is 11.8 Å². The van der Waals surface area contributed by atoms with Crippen LogP contribution in [0.5, 0.6) is 5.88 Å². The highest BCUT2D eigenvalue weighted by molar-refractivity contribution is 5.92. The lowest BCUT2D eigenvalue weighted by atomic mass is 10.1. The average Bonchev–Trinajstić information content (AvgIpc) is 3.05. The van der Waals surface area contributed by atoms with E-state index in [0.29, 0.717) is 37.2 Å². The summed E-state index contributed by atoms with van der Waals surface area (Å²) < 4.78 is 43.6. The maximum absolute atomic E-state index is 12.7. The summed E-state index contributed by atoms with van der Waals surface area (Å²) in [7, 11) is 0. The maximum atomic E-state index is 12.7. The first-order valence-electron chi connectivity index (χ1n) is 9.25. The summed E-state index contributed by atoms with van der Waals surface area (Å²) in [6.07, 6.45) is -4.49. The van der Waals surface area contributed by atoms with Gasteiger partial charge in [-0.3, -0.25) is 9.89 Å². The summed E-state index contributed by atoms with van der Waals surface area (Å²) in [5.41, 5.74) is 0.386. The summed E-state index contributed by atoms with van der Waals surface area (Å²) in [4.78, 5) is 17.9. The third kappa shape index (κ3) is 3.57. The Morgan fingerprint density at radius 2 is 2.04 bits per heavy atom. The van der Waals surface area contributed by atoms with Crippen LogP contribution >= 0.6 is 0 Å². The van der Waals surface area contributed by atoms with Crippen molar-refractivity contribution in [2.45, 2.75) is 25.9 Å². The van der Waals surface area contributed by atoms with Crippen LogP contribution in [-0.2, 0) is 6.18 Å². The Labute approximate surface area is 160 Å². The molecule has 150 valence electrons. The minimum absolute atomic E-state index is 0.0218. The van der Waals surface area contributed by atoms with Crippen LogP contribution in [0.25, 0.3) is 0 Å². The van der Waals surface area contributed by atoms with Gasteiger partial charge in [0, 0.05) is 25.1 Å². The van der Waals surface area contributed by atoms with Gasteiger partial charge in [-0.15, -0.1) is 0 Å². The third-order valence-electron chi connectivity index (χ3n) is 5.52. The zero-order valence-electron chi connectivity index (χ0n) is 15.5. The number of aromatic amines is 1. The van der Waals surface area contributed by atoms with Crippen molar-refractivity contribution in [2.75, 3.05) is 19.7 Å². The number of carbonyl (C=O) groups is 1. The van der Waals surface area contributed by atoms with E-state index in [2.05, 4.69) is 15.2 Å². The number of alkyl halides is 3. The maximum Gasteiger partial charge on any atom is 0.433 e. The molecule has 28 heavy (non-hydrogen) atoms. The lowest BCUT2D eigenvalue weighted by Crippen LogP contribution is -2.32. The number of aromatic nitrogens is 3. The Morgan fingerprint density at radius 1 is 1.32 bits per heavy atom. The minimum atomic E-state index is -4.49. The highest BCUT2D eigenvalue weighted by Gasteiger charge is 2.57. The number of ether oxygens (including phenoxy) is 1. The molecule has 0 aromatic carbocycles. The van der Waals surface area contributed by atoms with Crippen molar-refractivity contribution in [1.29, 1.82) is 0 Å².